The highest BCUT2D eigenvalue weighted by atomic mass is 35.5. The van der Waals surface area contributed by atoms with Crippen LogP contribution in [0.5, 0.6) is 0 Å². The smallest absolute Gasteiger partial charge is 0.347 e. The zero-order valence-corrected chi connectivity index (χ0v) is 15.7. The van der Waals surface area contributed by atoms with E-state index in [0.29, 0.717) is 6.54 Å². The molecule has 1 aliphatic rings. The third-order valence-corrected chi connectivity index (χ3v) is 4.95. The number of hydrogen-bond acceptors (Lipinski definition) is 3. The lowest BCUT2D eigenvalue weighted by Gasteiger charge is -2.31. The molecule has 1 N–H and O–H groups in total. The van der Waals surface area contributed by atoms with E-state index in [0.717, 1.165) is 24.2 Å². The lowest BCUT2D eigenvalue weighted by atomic mass is 10.00. The van der Waals surface area contributed by atoms with Crippen molar-refractivity contribution in [3.8, 4) is 0 Å². The van der Waals surface area contributed by atoms with Crippen LogP contribution >= 0.6 is 11.6 Å². The third-order valence-electron chi connectivity index (χ3n) is 4.59. The molecule has 27 heavy (non-hydrogen) atoms. The number of aryl methyl sites for hydroxylation is 1. The molecule has 1 atom stereocenters. The summed E-state index contributed by atoms with van der Waals surface area (Å²) in [7, 11) is 1.27. The maximum absolute atomic E-state index is 12.9. The minimum atomic E-state index is -4.71. The topological polar surface area (TPSA) is 50.2 Å². The number of fused-ring (bicyclic) bond motifs is 1. The Kier molecular flexibility index (Phi) is 5.48. The number of alkyl halides is 3. The van der Waals surface area contributed by atoms with Crippen LogP contribution in [0.3, 0.4) is 0 Å². The molecule has 2 heterocycles. The maximum Gasteiger partial charge on any atom is 0.436 e. The van der Waals surface area contributed by atoms with Gasteiger partial charge in [-0.1, -0.05) is 35.9 Å². The van der Waals surface area contributed by atoms with Crippen molar-refractivity contribution in [2.24, 2.45) is 7.05 Å². The molecule has 1 aromatic carbocycles. The van der Waals surface area contributed by atoms with Gasteiger partial charge in [-0.05, 0) is 24.5 Å². The number of halogens is 4. The third kappa shape index (κ3) is 4.27. The van der Waals surface area contributed by atoms with Crippen LogP contribution in [-0.4, -0.2) is 39.7 Å². The SMILES string of the molecule is C[C@@H](CN1CCc2ccccc2C1)NC(=O)c1c(Cl)c(C(F)(F)F)nn1C. The van der Waals surface area contributed by atoms with E-state index < -0.39 is 22.8 Å². The summed E-state index contributed by atoms with van der Waals surface area (Å²) in [6.45, 7) is 4.04. The van der Waals surface area contributed by atoms with Crippen molar-refractivity contribution in [1.29, 1.82) is 0 Å². The molecule has 146 valence electrons. The average molecular weight is 401 g/mol. The first-order valence-electron chi connectivity index (χ1n) is 8.56. The Morgan fingerprint density at radius 2 is 2.00 bits per heavy atom. The van der Waals surface area contributed by atoms with E-state index in [-0.39, 0.29) is 11.7 Å². The summed E-state index contributed by atoms with van der Waals surface area (Å²) in [5.41, 5.74) is 1.04. The molecule has 1 aliphatic heterocycles. The summed E-state index contributed by atoms with van der Waals surface area (Å²) in [4.78, 5) is 14.6. The maximum atomic E-state index is 12.9. The summed E-state index contributed by atoms with van der Waals surface area (Å²) >= 11 is 5.77. The Morgan fingerprint density at radius 3 is 2.63 bits per heavy atom. The van der Waals surface area contributed by atoms with E-state index in [4.69, 9.17) is 11.6 Å². The molecule has 0 saturated heterocycles. The predicted octanol–water partition coefficient (Wildman–Crippen LogP) is 3.27. The summed E-state index contributed by atoms with van der Waals surface area (Å²) in [6.07, 6.45) is -3.78. The zero-order valence-electron chi connectivity index (χ0n) is 15.0. The first kappa shape index (κ1) is 19.7. The quantitative estimate of drug-likeness (QED) is 0.857. The Labute approximate surface area is 160 Å². The van der Waals surface area contributed by atoms with Crippen LogP contribution < -0.4 is 5.32 Å². The van der Waals surface area contributed by atoms with Gasteiger partial charge in [0.25, 0.3) is 5.91 Å². The van der Waals surface area contributed by atoms with Crippen LogP contribution in [0.25, 0.3) is 0 Å². The van der Waals surface area contributed by atoms with Crippen LogP contribution in [0.2, 0.25) is 5.02 Å². The number of nitrogens with zero attached hydrogens (tertiary/aromatic N) is 3. The van der Waals surface area contributed by atoms with Crippen molar-refractivity contribution >= 4 is 17.5 Å². The van der Waals surface area contributed by atoms with Crippen molar-refractivity contribution in [1.82, 2.24) is 20.0 Å². The highest BCUT2D eigenvalue weighted by Crippen LogP contribution is 2.35. The lowest BCUT2D eigenvalue weighted by molar-refractivity contribution is -0.141. The van der Waals surface area contributed by atoms with Gasteiger partial charge in [-0.3, -0.25) is 14.4 Å². The molecule has 0 aliphatic carbocycles. The molecule has 0 bridgehead atoms. The van der Waals surface area contributed by atoms with E-state index in [1.54, 1.807) is 0 Å². The van der Waals surface area contributed by atoms with E-state index in [2.05, 4.69) is 27.4 Å². The van der Waals surface area contributed by atoms with Gasteiger partial charge in [0, 0.05) is 32.7 Å². The number of carbonyl (C=O) groups excluding carboxylic acids is 1. The van der Waals surface area contributed by atoms with Gasteiger partial charge in [0.15, 0.2) is 5.69 Å². The molecule has 1 aromatic heterocycles. The van der Waals surface area contributed by atoms with Gasteiger partial charge in [0.2, 0.25) is 0 Å². The second-order valence-corrected chi connectivity index (χ2v) is 7.14. The van der Waals surface area contributed by atoms with Gasteiger partial charge in [-0.2, -0.15) is 18.3 Å². The van der Waals surface area contributed by atoms with Crippen LogP contribution in [0, 0.1) is 0 Å². The molecule has 3 rings (SSSR count). The Hall–Kier alpha value is -2.06. The van der Waals surface area contributed by atoms with Gasteiger partial charge in [-0.15, -0.1) is 0 Å². The van der Waals surface area contributed by atoms with E-state index >= 15 is 0 Å². The molecular weight excluding hydrogens is 381 g/mol. The largest absolute Gasteiger partial charge is 0.436 e. The molecule has 0 unspecified atom stereocenters. The molecule has 2 aromatic rings. The van der Waals surface area contributed by atoms with Crippen molar-refractivity contribution in [3.63, 3.8) is 0 Å². The highest BCUT2D eigenvalue weighted by Gasteiger charge is 2.39. The van der Waals surface area contributed by atoms with E-state index in [1.807, 2.05) is 19.1 Å². The van der Waals surface area contributed by atoms with Crippen LogP contribution in [0.1, 0.15) is 34.2 Å². The van der Waals surface area contributed by atoms with Gasteiger partial charge in [0.05, 0.1) is 0 Å². The number of hydrogen-bond donors (Lipinski definition) is 1. The summed E-state index contributed by atoms with van der Waals surface area (Å²) in [5, 5.41) is 5.38. The highest BCUT2D eigenvalue weighted by molar-refractivity contribution is 6.34. The number of benzene rings is 1. The normalized spacial score (nSPS) is 16.1. The molecule has 5 nitrogen and oxygen atoms in total. The van der Waals surface area contributed by atoms with Gasteiger partial charge in [-0.25, -0.2) is 0 Å². The zero-order chi connectivity index (χ0) is 19.8. The molecule has 1 amide bonds. The monoisotopic (exact) mass is 400 g/mol. The minimum Gasteiger partial charge on any atom is -0.347 e. The first-order valence-corrected chi connectivity index (χ1v) is 8.94. The molecule has 9 heteroatoms. The lowest BCUT2D eigenvalue weighted by Crippen LogP contribution is -2.44. The first-order chi connectivity index (χ1) is 12.7. The Bertz CT molecular complexity index is 850. The number of rotatable bonds is 4. The number of carbonyl (C=O) groups is 1. The van der Waals surface area contributed by atoms with Crippen LogP contribution in [0.15, 0.2) is 24.3 Å². The second kappa shape index (κ2) is 7.52. The van der Waals surface area contributed by atoms with Gasteiger partial charge >= 0.3 is 6.18 Å². The number of amides is 1. The van der Waals surface area contributed by atoms with Crippen LogP contribution in [-0.2, 0) is 26.2 Å². The Balaban J connectivity index is 1.64. The number of aromatic nitrogens is 2. The van der Waals surface area contributed by atoms with Gasteiger partial charge in [0.1, 0.15) is 10.7 Å². The fourth-order valence-electron chi connectivity index (χ4n) is 3.36. The molecule has 0 fully saturated rings. The summed E-state index contributed by atoms with van der Waals surface area (Å²) < 4.78 is 39.6. The van der Waals surface area contributed by atoms with Crippen molar-refractivity contribution < 1.29 is 18.0 Å². The molecule has 0 spiro atoms. The molecular formula is C18H20ClF3N4O. The standard InChI is InChI=1S/C18H20ClF3N4O/c1-11(9-26-8-7-12-5-3-4-6-13(12)10-26)23-17(27)15-14(19)16(18(20,21)22)24-25(15)2/h3-6,11H,7-10H2,1-2H3,(H,23,27)/t11-/m0/s1. The average Bonchev–Trinajstić information content (AvgIpc) is 2.89. The van der Waals surface area contributed by atoms with Crippen molar-refractivity contribution in [2.45, 2.75) is 32.1 Å². The Morgan fingerprint density at radius 1 is 1.33 bits per heavy atom. The van der Waals surface area contributed by atoms with Crippen LogP contribution in [0.4, 0.5) is 13.2 Å². The van der Waals surface area contributed by atoms with Crippen molar-refractivity contribution in [2.75, 3.05) is 13.1 Å². The number of nitrogens with one attached hydrogen (secondary N) is 1. The second-order valence-electron chi connectivity index (χ2n) is 6.76. The predicted molar refractivity (Wildman–Crippen MR) is 95.6 cm³/mol. The van der Waals surface area contributed by atoms with E-state index in [1.165, 1.54) is 18.2 Å². The minimum absolute atomic E-state index is 0.261. The van der Waals surface area contributed by atoms with Crippen molar-refractivity contribution in [3.05, 3.63) is 51.8 Å². The van der Waals surface area contributed by atoms with E-state index in [9.17, 15) is 18.0 Å². The van der Waals surface area contributed by atoms with Gasteiger partial charge < -0.3 is 5.32 Å². The molecule has 0 radical (unpaired) electrons. The summed E-state index contributed by atoms with van der Waals surface area (Å²) in [6, 6.07) is 7.95. The fraction of sp³-hybridized carbons (Fsp3) is 0.444. The summed E-state index contributed by atoms with van der Waals surface area (Å²) in [5.74, 6) is -0.671. The fourth-order valence-corrected chi connectivity index (χ4v) is 3.71. The molecule has 0 saturated carbocycles.